The average molecular weight is 146 g/mol. The van der Waals surface area contributed by atoms with E-state index in [1.807, 2.05) is 25.1 Å². The number of hydrogen-bond donors (Lipinski definition) is 0. The second kappa shape index (κ2) is 2.38. The Kier molecular flexibility index (Phi) is 1.39. The SMILES string of the molecule is CCc1nc2c[c]ccc2o1. The highest BCUT2D eigenvalue weighted by molar-refractivity contribution is 5.71. The zero-order valence-electron chi connectivity index (χ0n) is 6.29. The number of benzene rings is 1. The standard InChI is InChI=1S/C9H8NO/c1-2-9-10-7-5-3-4-6-8(7)11-9/h4-6H,2H2,1H3. The summed E-state index contributed by atoms with van der Waals surface area (Å²) in [6.45, 7) is 2.02. The molecule has 2 heteroatoms. The summed E-state index contributed by atoms with van der Waals surface area (Å²) in [5.41, 5.74) is 1.74. The van der Waals surface area contributed by atoms with E-state index in [9.17, 15) is 0 Å². The fraction of sp³-hybridized carbons (Fsp3) is 0.222. The van der Waals surface area contributed by atoms with E-state index in [-0.39, 0.29) is 0 Å². The van der Waals surface area contributed by atoms with Gasteiger partial charge < -0.3 is 4.42 Å². The Hall–Kier alpha value is -1.31. The molecular weight excluding hydrogens is 138 g/mol. The summed E-state index contributed by atoms with van der Waals surface area (Å²) in [5.74, 6) is 0.791. The molecule has 2 aromatic rings. The first kappa shape index (κ1) is 6.40. The van der Waals surface area contributed by atoms with E-state index in [2.05, 4.69) is 11.1 Å². The van der Waals surface area contributed by atoms with Crippen molar-refractivity contribution in [3.8, 4) is 0 Å². The molecule has 1 heterocycles. The van der Waals surface area contributed by atoms with Gasteiger partial charge in [0.2, 0.25) is 0 Å². The maximum absolute atomic E-state index is 5.39. The highest BCUT2D eigenvalue weighted by atomic mass is 16.3. The van der Waals surface area contributed by atoms with E-state index in [0.717, 1.165) is 23.4 Å². The van der Waals surface area contributed by atoms with Crippen molar-refractivity contribution in [2.24, 2.45) is 0 Å². The fourth-order valence-electron chi connectivity index (χ4n) is 1.02. The molecule has 0 spiro atoms. The lowest BCUT2D eigenvalue weighted by molar-refractivity contribution is 0.538. The molecule has 0 atom stereocenters. The highest BCUT2D eigenvalue weighted by Crippen LogP contribution is 2.13. The summed E-state index contributed by atoms with van der Waals surface area (Å²) in [4.78, 5) is 4.23. The molecule has 11 heavy (non-hydrogen) atoms. The predicted molar refractivity (Wildman–Crippen MR) is 42.2 cm³/mol. The normalized spacial score (nSPS) is 10.6. The van der Waals surface area contributed by atoms with Crippen molar-refractivity contribution >= 4 is 11.1 Å². The lowest BCUT2D eigenvalue weighted by Gasteiger charge is -1.80. The third kappa shape index (κ3) is 1.00. The molecule has 2 nitrogen and oxygen atoms in total. The molecule has 0 aliphatic heterocycles. The fourth-order valence-corrected chi connectivity index (χ4v) is 1.02. The summed E-state index contributed by atoms with van der Waals surface area (Å²) in [7, 11) is 0. The van der Waals surface area contributed by atoms with Gasteiger partial charge in [0.1, 0.15) is 5.52 Å². The molecule has 0 aliphatic rings. The van der Waals surface area contributed by atoms with Gasteiger partial charge in [0.25, 0.3) is 0 Å². The van der Waals surface area contributed by atoms with Gasteiger partial charge in [0.05, 0.1) is 0 Å². The Morgan fingerprint density at radius 1 is 1.64 bits per heavy atom. The molecule has 0 saturated heterocycles. The van der Waals surface area contributed by atoms with E-state index in [0.29, 0.717) is 0 Å². The third-order valence-corrected chi connectivity index (χ3v) is 1.58. The molecule has 1 radical (unpaired) electrons. The summed E-state index contributed by atoms with van der Waals surface area (Å²) in [6.07, 6.45) is 0.842. The molecule has 0 aliphatic carbocycles. The summed E-state index contributed by atoms with van der Waals surface area (Å²) in [5, 5.41) is 0. The largest absolute Gasteiger partial charge is 0.441 e. The average Bonchev–Trinajstić information content (AvgIpc) is 2.46. The Labute approximate surface area is 64.9 Å². The van der Waals surface area contributed by atoms with Gasteiger partial charge in [-0.05, 0) is 18.2 Å². The Bertz CT molecular complexity index is 331. The van der Waals surface area contributed by atoms with Crippen molar-refractivity contribution < 1.29 is 4.42 Å². The van der Waals surface area contributed by atoms with Gasteiger partial charge in [-0.3, -0.25) is 0 Å². The van der Waals surface area contributed by atoms with Crippen LogP contribution in [0, 0.1) is 6.07 Å². The van der Waals surface area contributed by atoms with Crippen molar-refractivity contribution in [3.05, 3.63) is 30.2 Å². The second-order valence-electron chi connectivity index (χ2n) is 2.35. The minimum Gasteiger partial charge on any atom is -0.441 e. The zero-order chi connectivity index (χ0) is 7.68. The Balaban J connectivity index is 2.69. The van der Waals surface area contributed by atoms with Crippen LogP contribution in [0.5, 0.6) is 0 Å². The molecule has 0 bridgehead atoms. The van der Waals surface area contributed by atoms with Crippen LogP contribution in [-0.4, -0.2) is 4.98 Å². The molecule has 55 valence electrons. The van der Waals surface area contributed by atoms with Crippen LogP contribution >= 0.6 is 0 Å². The van der Waals surface area contributed by atoms with Crippen LogP contribution in [0.4, 0.5) is 0 Å². The summed E-state index contributed by atoms with van der Waals surface area (Å²) < 4.78 is 5.39. The van der Waals surface area contributed by atoms with Crippen LogP contribution in [0.25, 0.3) is 11.1 Å². The van der Waals surface area contributed by atoms with Gasteiger partial charge in [-0.25, -0.2) is 4.98 Å². The van der Waals surface area contributed by atoms with E-state index in [1.165, 1.54) is 0 Å². The third-order valence-electron chi connectivity index (χ3n) is 1.58. The highest BCUT2D eigenvalue weighted by Gasteiger charge is 2.00. The van der Waals surface area contributed by atoms with E-state index in [4.69, 9.17) is 4.42 Å². The molecule has 1 aromatic carbocycles. The zero-order valence-corrected chi connectivity index (χ0v) is 6.29. The molecule has 0 saturated carbocycles. The van der Waals surface area contributed by atoms with Crippen LogP contribution in [0.1, 0.15) is 12.8 Å². The van der Waals surface area contributed by atoms with Crippen LogP contribution in [-0.2, 0) is 6.42 Å². The van der Waals surface area contributed by atoms with Gasteiger partial charge in [0, 0.05) is 6.42 Å². The van der Waals surface area contributed by atoms with Crippen LogP contribution in [0.3, 0.4) is 0 Å². The number of nitrogens with zero attached hydrogens (tertiary/aromatic N) is 1. The van der Waals surface area contributed by atoms with Crippen molar-refractivity contribution in [3.63, 3.8) is 0 Å². The number of hydrogen-bond acceptors (Lipinski definition) is 2. The van der Waals surface area contributed by atoms with Gasteiger partial charge in [0.15, 0.2) is 11.5 Å². The van der Waals surface area contributed by atoms with Crippen molar-refractivity contribution in [1.82, 2.24) is 4.98 Å². The van der Waals surface area contributed by atoms with Crippen LogP contribution in [0.2, 0.25) is 0 Å². The number of fused-ring (bicyclic) bond motifs is 1. The number of aromatic nitrogens is 1. The smallest absolute Gasteiger partial charge is 0.195 e. The molecule has 0 N–H and O–H groups in total. The lowest BCUT2D eigenvalue weighted by Crippen LogP contribution is -1.74. The molecule has 0 amide bonds. The van der Waals surface area contributed by atoms with E-state index in [1.54, 1.807) is 0 Å². The van der Waals surface area contributed by atoms with Crippen LogP contribution in [0.15, 0.2) is 22.6 Å². The Morgan fingerprint density at radius 3 is 3.27 bits per heavy atom. The molecule has 0 fully saturated rings. The van der Waals surface area contributed by atoms with Crippen LogP contribution < -0.4 is 0 Å². The number of rotatable bonds is 1. The van der Waals surface area contributed by atoms with Crippen molar-refractivity contribution in [1.29, 1.82) is 0 Å². The van der Waals surface area contributed by atoms with Crippen molar-refractivity contribution in [2.45, 2.75) is 13.3 Å². The summed E-state index contributed by atoms with van der Waals surface area (Å²) >= 11 is 0. The first-order chi connectivity index (χ1) is 5.40. The van der Waals surface area contributed by atoms with Gasteiger partial charge in [-0.15, -0.1) is 0 Å². The molecular formula is C9H8NO. The lowest BCUT2D eigenvalue weighted by atomic mass is 10.3. The topological polar surface area (TPSA) is 26.0 Å². The maximum Gasteiger partial charge on any atom is 0.195 e. The predicted octanol–water partition coefficient (Wildman–Crippen LogP) is 2.19. The minimum absolute atomic E-state index is 0.791. The molecule has 1 aromatic heterocycles. The number of aryl methyl sites for hydroxylation is 1. The minimum atomic E-state index is 0.791. The number of oxazole rings is 1. The Morgan fingerprint density at radius 2 is 2.55 bits per heavy atom. The van der Waals surface area contributed by atoms with Gasteiger partial charge in [-0.2, -0.15) is 0 Å². The summed E-state index contributed by atoms with van der Waals surface area (Å²) in [6, 6.07) is 8.48. The quantitative estimate of drug-likeness (QED) is 0.616. The van der Waals surface area contributed by atoms with Crippen molar-refractivity contribution in [2.75, 3.05) is 0 Å². The molecule has 0 unspecified atom stereocenters. The van der Waals surface area contributed by atoms with Gasteiger partial charge >= 0.3 is 0 Å². The van der Waals surface area contributed by atoms with Gasteiger partial charge in [-0.1, -0.05) is 13.0 Å². The first-order valence-corrected chi connectivity index (χ1v) is 3.65. The maximum atomic E-state index is 5.39. The monoisotopic (exact) mass is 146 g/mol. The van der Waals surface area contributed by atoms with E-state index < -0.39 is 0 Å². The second-order valence-corrected chi connectivity index (χ2v) is 2.35. The first-order valence-electron chi connectivity index (χ1n) is 3.65. The van der Waals surface area contributed by atoms with E-state index >= 15 is 0 Å². The molecule has 2 rings (SSSR count).